The van der Waals surface area contributed by atoms with Crippen LogP contribution in [0.2, 0.25) is 0 Å². The Balaban J connectivity index is 2.02. The molecule has 0 radical (unpaired) electrons. The third-order valence-electron chi connectivity index (χ3n) is 4.48. The summed E-state index contributed by atoms with van der Waals surface area (Å²) >= 11 is 1.67. The van der Waals surface area contributed by atoms with Crippen LogP contribution >= 0.6 is 11.8 Å². The van der Waals surface area contributed by atoms with Crippen molar-refractivity contribution in [1.29, 1.82) is 0 Å². The van der Waals surface area contributed by atoms with Gasteiger partial charge in [-0.3, -0.25) is 4.79 Å². The third-order valence-corrected chi connectivity index (χ3v) is 5.54. The Morgan fingerprint density at radius 1 is 1.29 bits per heavy atom. The van der Waals surface area contributed by atoms with Gasteiger partial charge in [-0.1, -0.05) is 38.1 Å². The molecule has 0 aromatic heterocycles. The minimum Gasteiger partial charge on any atom is -0.497 e. The van der Waals surface area contributed by atoms with Gasteiger partial charge in [-0.2, -0.15) is 0 Å². The number of benzene rings is 1. The van der Waals surface area contributed by atoms with Gasteiger partial charge in [0.25, 0.3) is 0 Å². The Hall–Kier alpha value is -1.68. The van der Waals surface area contributed by atoms with Crippen molar-refractivity contribution < 1.29 is 9.53 Å². The maximum Gasteiger partial charge on any atom is 0.160 e. The number of carbonyl (C=O) groups is 1. The van der Waals surface area contributed by atoms with Crippen LogP contribution in [0.4, 0.5) is 5.69 Å². The van der Waals surface area contributed by atoms with E-state index in [1.54, 1.807) is 18.9 Å². The maximum atomic E-state index is 12.3. The van der Waals surface area contributed by atoms with Crippen molar-refractivity contribution in [3.63, 3.8) is 0 Å². The number of ether oxygens (including phenoxy) is 1. The number of nitrogens with zero attached hydrogens (tertiary/aromatic N) is 1. The molecule has 4 heteroatoms. The quantitative estimate of drug-likeness (QED) is 0.673. The summed E-state index contributed by atoms with van der Waals surface area (Å²) in [6, 6.07) is 6.16. The fraction of sp³-hybridized carbons (Fsp3) is 0.450. The molecular formula is C20H25NO2S. The molecule has 24 heavy (non-hydrogen) atoms. The van der Waals surface area contributed by atoms with E-state index in [0.717, 1.165) is 34.2 Å². The number of thioether (sulfide) groups is 1. The first-order valence-corrected chi connectivity index (χ1v) is 9.52. The maximum absolute atomic E-state index is 12.3. The van der Waals surface area contributed by atoms with E-state index in [2.05, 4.69) is 23.1 Å². The van der Waals surface area contributed by atoms with Gasteiger partial charge < -0.3 is 9.64 Å². The molecule has 0 bridgehead atoms. The van der Waals surface area contributed by atoms with Crippen molar-refractivity contribution in [1.82, 2.24) is 0 Å². The molecule has 0 unspecified atom stereocenters. The van der Waals surface area contributed by atoms with Crippen LogP contribution in [0.25, 0.3) is 0 Å². The predicted octanol–water partition coefficient (Wildman–Crippen LogP) is 5.52. The number of hydrogen-bond donors (Lipinski definition) is 0. The highest BCUT2D eigenvalue weighted by Crippen LogP contribution is 2.50. The smallest absolute Gasteiger partial charge is 0.160 e. The summed E-state index contributed by atoms with van der Waals surface area (Å²) in [7, 11) is 1.69. The number of fused-ring (bicyclic) bond motifs is 1. The zero-order valence-electron chi connectivity index (χ0n) is 14.7. The number of carbonyl (C=O) groups excluding carboxylic acids is 1. The number of rotatable bonds is 4. The van der Waals surface area contributed by atoms with E-state index in [1.165, 1.54) is 25.0 Å². The second-order valence-corrected chi connectivity index (χ2v) is 7.67. The minimum atomic E-state index is 0.0151. The summed E-state index contributed by atoms with van der Waals surface area (Å²) in [6.45, 7) is 3.90. The van der Waals surface area contributed by atoms with Crippen molar-refractivity contribution in [2.45, 2.75) is 50.8 Å². The fourth-order valence-electron chi connectivity index (χ4n) is 3.04. The molecule has 2 aliphatic rings. The van der Waals surface area contributed by atoms with Gasteiger partial charge in [0.2, 0.25) is 0 Å². The molecule has 3 nitrogen and oxygen atoms in total. The van der Waals surface area contributed by atoms with Crippen molar-refractivity contribution in [2.75, 3.05) is 12.0 Å². The van der Waals surface area contributed by atoms with Gasteiger partial charge in [0.1, 0.15) is 5.75 Å². The number of methoxy groups -OCH3 is 1. The molecule has 1 aromatic carbocycles. The Kier molecular flexibility index (Phi) is 5.34. The lowest BCUT2D eigenvalue weighted by atomic mass is 10.1. The van der Waals surface area contributed by atoms with E-state index in [-0.39, 0.29) is 11.7 Å². The van der Waals surface area contributed by atoms with E-state index in [0.29, 0.717) is 0 Å². The van der Waals surface area contributed by atoms with Crippen LogP contribution in [-0.2, 0) is 4.79 Å². The SMILES string of the molecule is COc1ccc2c(c1)S/C(=C\C(=O)C(C)C)N2C1=CCCCCC1. The predicted molar refractivity (Wildman–Crippen MR) is 100 cm³/mol. The van der Waals surface area contributed by atoms with Crippen molar-refractivity contribution >= 4 is 23.2 Å². The first kappa shape index (κ1) is 17.2. The minimum absolute atomic E-state index is 0.0151. The van der Waals surface area contributed by atoms with E-state index >= 15 is 0 Å². The molecule has 1 aliphatic heterocycles. The fourth-order valence-corrected chi connectivity index (χ4v) is 4.19. The Morgan fingerprint density at radius 3 is 2.88 bits per heavy atom. The number of hydrogen-bond acceptors (Lipinski definition) is 4. The number of anilines is 1. The molecule has 3 rings (SSSR count). The third kappa shape index (κ3) is 3.54. The molecule has 0 fully saturated rings. The molecule has 0 atom stereocenters. The molecule has 0 spiro atoms. The second-order valence-electron chi connectivity index (χ2n) is 6.61. The molecule has 1 aliphatic carbocycles. The van der Waals surface area contributed by atoms with Crippen LogP contribution in [0.15, 0.2) is 46.0 Å². The van der Waals surface area contributed by atoms with Crippen molar-refractivity contribution in [3.05, 3.63) is 41.1 Å². The van der Waals surface area contributed by atoms with Gasteiger partial charge in [0.15, 0.2) is 5.78 Å². The molecule has 1 aromatic rings. The molecule has 0 N–H and O–H groups in total. The Morgan fingerprint density at radius 2 is 2.12 bits per heavy atom. The van der Waals surface area contributed by atoms with Crippen LogP contribution < -0.4 is 9.64 Å². The molecule has 128 valence electrons. The molecule has 0 saturated carbocycles. The highest BCUT2D eigenvalue weighted by Gasteiger charge is 2.29. The van der Waals surface area contributed by atoms with E-state index < -0.39 is 0 Å². The van der Waals surface area contributed by atoms with Gasteiger partial charge in [0, 0.05) is 22.6 Å². The average molecular weight is 343 g/mol. The zero-order chi connectivity index (χ0) is 17.1. The second kappa shape index (κ2) is 7.47. The van der Waals surface area contributed by atoms with Crippen LogP contribution in [0, 0.1) is 5.92 Å². The molecular weight excluding hydrogens is 318 g/mol. The largest absolute Gasteiger partial charge is 0.497 e. The van der Waals surface area contributed by atoms with Gasteiger partial charge in [-0.05, 0) is 43.9 Å². The van der Waals surface area contributed by atoms with Crippen LogP contribution in [0.5, 0.6) is 5.75 Å². The monoisotopic (exact) mass is 343 g/mol. The van der Waals surface area contributed by atoms with Crippen LogP contribution in [-0.4, -0.2) is 12.9 Å². The molecule has 0 amide bonds. The first-order valence-electron chi connectivity index (χ1n) is 8.70. The number of allylic oxidation sites excluding steroid dienone is 3. The van der Waals surface area contributed by atoms with Crippen LogP contribution in [0.3, 0.4) is 0 Å². The summed E-state index contributed by atoms with van der Waals surface area (Å²) in [5.41, 5.74) is 2.49. The lowest BCUT2D eigenvalue weighted by molar-refractivity contribution is -0.117. The van der Waals surface area contributed by atoms with Crippen molar-refractivity contribution in [2.24, 2.45) is 5.92 Å². The summed E-state index contributed by atoms with van der Waals surface area (Å²) in [4.78, 5) is 15.7. The van der Waals surface area contributed by atoms with Crippen molar-refractivity contribution in [3.8, 4) is 5.75 Å². The van der Waals surface area contributed by atoms with E-state index in [9.17, 15) is 4.79 Å². The summed E-state index contributed by atoms with van der Waals surface area (Å²) in [6.07, 6.45) is 10.1. The van der Waals surface area contributed by atoms with Crippen LogP contribution in [0.1, 0.15) is 46.0 Å². The summed E-state index contributed by atoms with van der Waals surface area (Å²) in [5, 5.41) is 1.02. The Bertz CT molecular complexity index is 691. The van der Waals surface area contributed by atoms with E-state index in [1.807, 2.05) is 26.0 Å². The van der Waals surface area contributed by atoms with Gasteiger partial charge in [-0.25, -0.2) is 0 Å². The van der Waals surface area contributed by atoms with Gasteiger partial charge in [-0.15, -0.1) is 0 Å². The molecule has 1 heterocycles. The first-order chi connectivity index (χ1) is 11.6. The average Bonchev–Trinajstić information content (AvgIpc) is 2.74. The standard InChI is InChI=1S/C20H25NO2S/c1-14(2)18(22)13-20-21(15-8-6-4-5-7-9-15)17-11-10-16(23-3)12-19(17)24-20/h8,10-14H,4-7,9H2,1-3H3/b20-13-. The lowest BCUT2D eigenvalue weighted by Crippen LogP contribution is -2.18. The number of ketones is 1. The topological polar surface area (TPSA) is 29.5 Å². The zero-order valence-corrected chi connectivity index (χ0v) is 15.5. The Labute approximate surface area is 148 Å². The highest BCUT2D eigenvalue weighted by molar-refractivity contribution is 8.03. The summed E-state index contributed by atoms with van der Waals surface area (Å²) < 4.78 is 5.36. The highest BCUT2D eigenvalue weighted by atomic mass is 32.2. The normalized spacial score (nSPS) is 19.2. The summed E-state index contributed by atoms with van der Waals surface area (Å²) in [5.74, 6) is 1.05. The van der Waals surface area contributed by atoms with Gasteiger partial charge in [0.05, 0.1) is 17.8 Å². The molecule has 0 saturated heterocycles. The van der Waals surface area contributed by atoms with E-state index in [4.69, 9.17) is 4.74 Å². The van der Waals surface area contributed by atoms with Gasteiger partial charge >= 0.3 is 0 Å². The lowest BCUT2D eigenvalue weighted by Gasteiger charge is -2.24.